The molecule has 5 heteroatoms. The van der Waals surface area contributed by atoms with Crippen LogP contribution < -0.4 is 10.1 Å². The molecule has 0 aromatic heterocycles. The molecule has 5 nitrogen and oxygen atoms in total. The number of methoxy groups -OCH3 is 1. The Kier molecular flexibility index (Phi) is 6.34. The maximum absolute atomic E-state index is 12.2. The first-order valence-electron chi connectivity index (χ1n) is 7.94. The normalized spacial score (nSPS) is 10.9. The number of nitrogens with one attached hydrogen (secondary N) is 1. The number of anilines is 1. The van der Waals surface area contributed by atoms with Crippen molar-refractivity contribution in [3.05, 3.63) is 71.4 Å². The van der Waals surface area contributed by atoms with Crippen LogP contribution in [0.25, 0.3) is 0 Å². The number of rotatable bonds is 7. The molecule has 1 N–H and O–H groups in total. The van der Waals surface area contributed by atoms with Crippen molar-refractivity contribution < 1.29 is 19.1 Å². The van der Waals surface area contributed by atoms with Gasteiger partial charge in [0.2, 0.25) is 0 Å². The van der Waals surface area contributed by atoms with E-state index in [-0.39, 0.29) is 11.8 Å². The van der Waals surface area contributed by atoms with E-state index in [0.717, 1.165) is 5.69 Å². The van der Waals surface area contributed by atoms with Gasteiger partial charge < -0.3 is 14.8 Å². The van der Waals surface area contributed by atoms with Gasteiger partial charge in [-0.25, -0.2) is 4.79 Å². The molecule has 0 heterocycles. The molecule has 0 amide bonds. The summed E-state index contributed by atoms with van der Waals surface area (Å²) in [6, 6.07) is 13.8. The molecule has 0 bridgehead atoms. The molecule has 2 aromatic carbocycles. The molecule has 0 aliphatic rings. The van der Waals surface area contributed by atoms with Gasteiger partial charge in [-0.1, -0.05) is 0 Å². The third-order valence-electron chi connectivity index (χ3n) is 3.46. The van der Waals surface area contributed by atoms with Crippen LogP contribution in [-0.4, -0.2) is 25.5 Å². The second-order valence-corrected chi connectivity index (χ2v) is 5.34. The van der Waals surface area contributed by atoms with Gasteiger partial charge in [-0.05, 0) is 62.4 Å². The lowest BCUT2D eigenvalue weighted by molar-refractivity contribution is 0.0526. The zero-order chi connectivity index (χ0) is 18.2. The zero-order valence-electron chi connectivity index (χ0n) is 14.5. The SMILES string of the molecule is CCOC(=O)c1ccc(NC(C)=CC(=O)c2ccc(OC)cc2)cc1. The quantitative estimate of drug-likeness (QED) is 0.468. The predicted molar refractivity (Wildman–Crippen MR) is 97.1 cm³/mol. The highest BCUT2D eigenvalue weighted by atomic mass is 16.5. The van der Waals surface area contributed by atoms with E-state index >= 15 is 0 Å². The summed E-state index contributed by atoms with van der Waals surface area (Å²) in [4.78, 5) is 23.9. The van der Waals surface area contributed by atoms with E-state index in [1.165, 1.54) is 6.08 Å². The Hall–Kier alpha value is -3.08. The van der Waals surface area contributed by atoms with Crippen molar-refractivity contribution in [1.82, 2.24) is 0 Å². The molecule has 0 radical (unpaired) electrons. The second kappa shape index (κ2) is 8.68. The lowest BCUT2D eigenvalue weighted by Crippen LogP contribution is -2.05. The summed E-state index contributed by atoms with van der Waals surface area (Å²) in [6.07, 6.45) is 1.53. The number of hydrogen-bond acceptors (Lipinski definition) is 5. The van der Waals surface area contributed by atoms with Gasteiger partial charge in [0.05, 0.1) is 19.3 Å². The highest BCUT2D eigenvalue weighted by Crippen LogP contribution is 2.15. The Morgan fingerprint density at radius 1 is 1.00 bits per heavy atom. The van der Waals surface area contributed by atoms with Crippen molar-refractivity contribution in [2.75, 3.05) is 19.0 Å². The smallest absolute Gasteiger partial charge is 0.338 e. The maximum atomic E-state index is 12.2. The Bertz CT molecular complexity index is 761. The van der Waals surface area contributed by atoms with Crippen LogP contribution in [0.4, 0.5) is 5.69 Å². The Morgan fingerprint density at radius 3 is 2.16 bits per heavy atom. The van der Waals surface area contributed by atoms with Gasteiger partial charge in [0.25, 0.3) is 0 Å². The molecule has 0 atom stereocenters. The van der Waals surface area contributed by atoms with Crippen molar-refractivity contribution in [3.8, 4) is 5.75 Å². The minimum Gasteiger partial charge on any atom is -0.497 e. The van der Waals surface area contributed by atoms with Crippen LogP contribution >= 0.6 is 0 Å². The van der Waals surface area contributed by atoms with Crippen molar-refractivity contribution in [3.63, 3.8) is 0 Å². The summed E-state index contributed by atoms with van der Waals surface area (Å²) in [5.74, 6) is 0.254. The number of ether oxygens (including phenoxy) is 2. The number of esters is 1. The number of carbonyl (C=O) groups is 2. The number of carbonyl (C=O) groups excluding carboxylic acids is 2. The largest absolute Gasteiger partial charge is 0.497 e. The Labute approximate surface area is 147 Å². The van der Waals surface area contributed by atoms with Gasteiger partial charge in [0.15, 0.2) is 5.78 Å². The fraction of sp³-hybridized carbons (Fsp3) is 0.200. The molecule has 0 unspecified atom stereocenters. The summed E-state index contributed by atoms with van der Waals surface area (Å²) in [5, 5.41) is 3.13. The lowest BCUT2D eigenvalue weighted by atomic mass is 10.1. The summed E-state index contributed by atoms with van der Waals surface area (Å²) in [7, 11) is 1.58. The molecule has 0 saturated heterocycles. The van der Waals surface area contributed by atoms with E-state index in [0.29, 0.717) is 29.2 Å². The average molecular weight is 339 g/mol. The Morgan fingerprint density at radius 2 is 1.60 bits per heavy atom. The number of allylic oxidation sites excluding steroid dienone is 2. The maximum Gasteiger partial charge on any atom is 0.338 e. The summed E-state index contributed by atoms with van der Waals surface area (Å²) in [5.41, 5.74) is 2.55. The summed E-state index contributed by atoms with van der Waals surface area (Å²) < 4.78 is 10.0. The first-order valence-corrected chi connectivity index (χ1v) is 7.94. The third kappa shape index (κ3) is 5.21. The number of benzene rings is 2. The molecule has 2 rings (SSSR count). The van der Waals surface area contributed by atoms with Crippen molar-refractivity contribution >= 4 is 17.4 Å². The highest BCUT2D eigenvalue weighted by Gasteiger charge is 2.07. The first-order chi connectivity index (χ1) is 12.0. The summed E-state index contributed by atoms with van der Waals surface area (Å²) in [6.45, 7) is 3.91. The standard InChI is InChI=1S/C20H21NO4/c1-4-25-20(23)16-5-9-17(10-6-16)21-14(2)13-19(22)15-7-11-18(24-3)12-8-15/h5-13,21H,4H2,1-3H3. The van der Waals surface area contributed by atoms with E-state index in [1.54, 1.807) is 69.5 Å². The van der Waals surface area contributed by atoms with Gasteiger partial charge in [0.1, 0.15) is 5.75 Å². The fourth-order valence-corrected chi connectivity index (χ4v) is 2.20. The van der Waals surface area contributed by atoms with E-state index in [2.05, 4.69) is 5.32 Å². The van der Waals surface area contributed by atoms with Gasteiger partial charge in [-0.2, -0.15) is 0 Å². The van der Waals surface area contributed by atoms with Crippen LogP contribution in [0.2, 0.25) is 0 Å². The average Bonchev–Trinajstić information content (AvgIpc) is 2.62. The van der Waals surface area contributed by atoms with Crippen LogP contribution in [0, 0.1) is 0 Å². The molecule has 2 aromatic rings. The van der Waals surface area contributed by atoms with Crippen LogP contribution in [0.15, 0.2) is 60.3 Å². The van der Waals surface area contributed by atoms with E-state index in [1.807, 2.05) is 0 Å². The van der Waals surface area contributed by atoms with Gasteiger partial charge in [0, 0.05) is 23.0 Å². The van der Waals surface area contributed by atoms with E-state index in [9.17, 15) is 9.59 Å². The van der Waals surface area contributed by atoms with E-state index < -0.39 is 0 Å². The fourth-order valence-electron chi connectivity index (χ4n) is 2.20. The molecule has 0 saturated carbocycles. The molecular formula is C20H21NO4. The number of ketones is 1. The molecule has 130 valence electrons. The number of hydrogen-bond donors (Lipinski definition) is 1. The predicted octanol–water partition coefficient (Wildman–Crippen LogP) is 4.07. The van der Waals surface area contributed by atoms with Crippen LogP contribution in [0.1, 0.15) is 34.6 Å². The molecule has 25 heavy (non-hydrogen) atoms. The van der Waals surface area contributed by atoms with Crippen molar-refractivity contribution in [2.45, 2.75) is 13.8 Å². The summed E-state index contributed by atoms with van der Waals surface area (Å²) >= 11 is 0. The molecular weight excluding hydrogens is 318 g/mol. The topological polar surface area (TPSA) is 64.6 Å². The molecule has 0 aliphatic carbocycles. The van der Waals surface area contributed by atoms with Crippen LogP contribution in [0.5, 0.6) is 5.75 Å². The highest BCUT2D eigenvalue weighted by molar-refractivity contribution is 6.05. The monoisotopic (exact) mass is 339 g/mol. The first kappa shape index (κ1) is 18.3. The van der Waals surface area contributed by atoms with Crippen molar-refractivity contribution in [1.29, 1.82) is 0 Å². The third-order valence-corrected chi connectivity index (χ3v) is 3.46. The molecule has 0 spiro atoms. The van der Waals surface area contributed by atoms with Gasteiger partial charge in [-0.15, -0.1) is 0 Å². The second-order valence-electron chi connectivity index (χ2n) is 5.34. The van der Waals surface area contributed by atoms with Crippen LogP contribution in [-0.2, 0) is 4.74 Å². The van der Waals surface area contributed by atoms with Crippen molar-refractivity contribution in [2.24, 2.45) is 0 Å². The van der Waals surface area contributed by atoms with Gasteiger partial charge in [-0.3, -0.25) is 4.79 Å². The van der Waals surface area contributed by atoms with E-state index in [4.69, 9.17) is 9.47 Å². The van der Waals surface area contributed by atoms with Gasteiger partial charge >= 0.3 is 5.97 Å². The molecule has 0 aliphatic heterocycles. The minimum atomic E-state index is -0.351. The minimum absolute atomic E-state index is 0.101. The molecule has 0 fully saturated rings. The Balaban J connectivity index is 2.02. The lowest BCUT2D eigenvalue weighted by Gasteiger charge is -2.08. The van der Waals surface area contributed by atoms with Crippen LogP contribution in [0.3, 0.4) is 0 Å². The zero-order valence-corrected chi connectivity index (χ0v) is 14.5.